The number of para-hydroxylation sites is 2. The first-order chi connectivity index (χ1) is 19.4. The lowest BCUT2D eigenvalue weighted by Gasteiger charge is -2.14. The maximum atomic E-state index is 13.2. The van der Waals surface area contributed by atoms with E-state index in [-0.39, 0.29) is 24.1 Å². The number of amides is 2. The Morgan fingerprint density at radius 3 is 2.55 bits per heavy atom. The number of hydrogen-bond acceptors (Lipinski definition) is 6. The molecular weight excluding hydrogens is 522 g/mol. The molecule has 0 saturated heterocycles. The molecule has 0 spiro atoms. The third-order valence-electron chi connectivity index (χ3n) is 6.47. The zero-order valence-corrected chi connectivity index (χ0v) is 23.3. The van der Waals surface area contributed by atoms with Crippen molar-refractivity contribution in [1.82, 2.24) is 20.1 Å². The lowest BCUT2D eigenvalue weighted by molar-refractivity contribution is -0.113. The van der Waals surface area contributed by atoms with Crippen molar-refractivity contribution in [3.05, 3.63) is 107 Å². The monoisotopic (exact) mass is 551 g/mol. The zero-order chi connectivity index (χ0) is 28.1. The van der Waals surface area contributed by atoms with E-state index in [1.54, 1.807) is 13.2 Å². The Kier molecular flexibility index (Phi) is 8.12. The van der Waals surface area contributed by atoms with Crippen molar-refractivity contribution >= 4 is 40.0 Å². The average Bonchev–Trinajstić information content (AvgIpc) is 3.38. The molecule has 9 heteroatoms. The summed E-state index contributed by atoms with van der Waals surface area (Å²) in [7, 11) is 1.59. The molecule has 0 aliphatic carbocycles. The van der Waals surface area contributed by atoms with Crippen LogP contribution in [0.1, 0.15) is 27.3 Å². The SMILES string of the molecule is COc1ccccc1-n1c(CNC(=O)c2cccc3ccccc23)nnc1SCC(=O)Nc1cc(C)ccc1C. The van der Waals surface area contributed by atoms with E-state index in [1.807, 2.05) is 97.3 Å². The van der Waals surface area contributed by atoms with Crippen LogP contribution in [0.25, 0.3) is 16.5 Å². The second-order valence-electron chi connectivity index (χ2n) is 9.27. The number of hydrogen-bond donors (Lipinski definition) is 2. The molecular formula is C31H29N5O3S. The molecule has 40 heavy (non-hydrogen) atoms. The van der Waals surface area contributed by atoms with E-state index < -0.39 is 0 Å². The standard InChI is InChI=1S/C31H29N5O3S/c1-20-15-16-21(2)25(17-20)33-29(37)19-40-31-35-34-28(36(31)26-13-6-7-14-27(26)39-3)18-32-30(38)24-12-8-10-22-9-4-5-11-23(22)24/h4-17H,18-19H2,1-3H3,(H,32,38)(H,33,37). The van der Waals surface area contributed by atoms with Crippen molar-refractivity contribution < 1.29 is 14.3 Å². The van der Waals surface area contributed by atoms with Crippen LogP contribution in [-0.4, -0.2) is 39.4 Å². The lowest BCUT2D eigenvalue weighted by atomic mass is 10.0. The van der Waals surface area contributed by atoms with E-state index in [1.165, 1.54) is 11.8 Å². The van der Waals surface area contributed by atoms with Crippen molar-refractivity contribution in [3.8, 4) is 11.4 Å². The van der Waals surface area contributed by atoms with Gasteiger partial charge >= 0.3 is 0 Å². The number of anilines is 1. The number of carbonyl (C=O) groups is 2. The Labute approximate surface area is 236 Å². The Bertz CT molecular complexity index is 1690. The van der Waals surface area contributed by atoms with Gasteiger partial charge in [0, 0.05) is 11.3 Å². The van der Waals surface area contributed by atoms with Crippen LogP contribution in [-0.2, 0) is 11.3 Å². The molecule has 0 aliphatic heterocycles. The molecule has 8 nitrogen and oxygen atoms in total. The van der Waals surface area contributed by atoms with Crippen LogP contribution >= 0.6 is 11.8 Å². The summed E-state index contributed by atoms with van der Waals surface area (Å²) in [6, 6.07) is 26.8. The van der Waals surface area contributed by atoms with Crippen molar-refractivity contribution in [2.75, 3.05) is 18.2 Å². The summed E-state index contributed by atoms with van der Waals surface area (Å²) >= 11 is 1.26. The molecule has 5 aromatic rings. The summed E-state index contributed by atoms with van der Waals surface area (Å²) in [4.78, 5) is 26.0. The zero-order valence-electron chi connectivity index (χ0n) is 22.5. The third kappa shape index (κ3) is 5.84. The molecule has 202 valence electrons. The molecule has 0 aliphatic rings. The molecule has 0 atom stereocenters. The number of benzene rings is 4. The quantitative estimate of drug-likeness (QED) is 0.228. The predicted molar refractivity (Wildman–Crippen MR) is 158 cm³/mol. The highest BCUT2D eigenvalue weighted by Crippen LogP contribution is 2.29. The number of rotatable bonds is 9. The maximum Gasteiger partial charge on any atom is 0.252 e. The fraction of sp³-hybridized carbons (Fsp3) is 0.161. The number of nitrogens with one attached hydrogen (secondary N) is 2. The number of nitrogens with zero attached hydrogens (tertiary/aromatic N) is 3. The van der Waals surface area contributed by atoms with E-state index in [2.05, 4.69) is 20.8 Å². The van der Waals surface area contributed by atoms with Crippen molar-refractivity contribution in [2.24, 2.45) is 0 Å². The van der Waals surface area contributed by atoms with Crippen molar-refractivity contribution in [3.63, 3.8) is 0 Å². The summed E-state index contributed by atoms with van der Waals surface area (Å²) < 4.78 is 7.42. The number of methoxy groups -OCH3 is 1. The van der Waals surface area contributed by atoms with Gasteiger partial charge in [-0.3, -0.25) is 14.2 Å². The number of ether oxygens (including phenoxy) is 1. The second-order valence-corrected chi connectivity index (χ2v) is 10.2. The van der Waals surface area contributed by atoms with Crippen molar-refractivity contribution in [2.45, 2.75) is 25.5 Å². The fourth-order valence-corrected chi connectivity index (χ4v) is 5.19. The Hall–Kier alpha value is -4.63. The number of thioether (sulfide) groups is 1. The molecule has 2 N–H and O–H groups in total. The van der Waals surface area contributed by atoms with E-state index in [4.69, 9.17) is 4.74 Å². The summed E-state index contributed by atoms with van der Waals surface area (Å²) in [5, 5.41) is 17.1. The van der Waals surface area contributed by atoms with Gasteiger partial charge in [-0.1, -0.05) is 72.4 Å². The fourth-order valence-electron chi connectivity index (χ4n) is 4.43. The van der Waals surface area contributed by atoms with Crippen LogP contribution in [0.5, 0.6) is 5.75 Å². The lowest BCUT2D eigenvalue weighted by Crippen LogP contribution is -2.25. The highest BCUT2D eigenvalue weighted by Gasteiger charge is 2.20. The molecule has 0 unspecified atom stereocenters. The molecule has 5 rings (SSSR count). The third-order valence-corrected chi connectivity index (χ3v) is 7.40. The normalized spacial score (nSPS) is 10.9. The topological polar surface area (TPSA) is 98.1 Å². The molecule has 0 fully saturated rings. The van der Waals surface area contributed by atoms with E-state index in [0.717, 1.165) is 27.6 Å². The molecule has 4 aromatic carbocycles. The van der Waals surface area contributed by atoms with Crippen LogP contribution in [0, 0.1) is 13.8 Å². The minimum absolute atomic E-state index is 0.127. The first-order valence-corrected chi connectivity index (χ1v) is 13.8. The minimum atomic E-state index is -0.214. The summed E-state index contributed by atoms with van der Waals surface area (Å²) in [6.07, 6.45) is 0. The van der Waals surface area contributed by atoms with Crippen LogP contribution in [0.4, 0.5) is 5.69 Å². The van der Waals surface area contributed by atoms with Crippen molar-refractivity contribution in [1.29, 1.82) is 0 Å². The van der Waals surface area contributed by atoms with Gasteiger partial charge in [-0.25, -0.2) is 0 Å². The molecule has 1 aromatic heterocycles. The summed E-state index contributed by atoms with van der Waals surface area (Å²) in [5.74, 6) is 0.886. The molecule has 0 bridgehead atoms. The number of carbonyl (C=O) groups excluding carboxylic acids is 2. The van der Waals surface area contributed by atoms with Gasteiger partial charge < -0.3 is 15.4 Å². The Balaban J connectivity index is 1.38. The smallest absolute Gasteiger partial charge is 0.252 e. The number of fused-ring (bicyclic) bond motifs is 1. The van der Waals surface area contributed by atoms with Crippen LogP contribution in [0.3, 0.4) is 0 Å². The first-order valence-electron chi connectivity index (χ1n) is 12.8. The first kappa shape index (κ1) is 27.0. The van der Waals surface area contributed by atoms with Gasteiger partial charge in [0.05, 0.1) is 25.1 Å². The van der Waals surface area contributed by atoms with E-state index in [9.17, 15) is 9.59 Å². The second kappa shape index (κ2) is 12.0. The molecule has 1 heterocycles. The Morgan fingerprint density at radius 1 is 0.925 bits per heavy atom. The van der Waals surface area contributed by atoms with E-state index >= 15 is 0 Å². The summed E-state index contributed by atoms with van der Waals surface area (Å²) in [5.41, 5.74) is 4.14. The van der Waals surface area contributed by atoms with Gasteiger partial charge in [0.25, 0.3) is 5.91 Å². The molecule has 0 radical (unpaired) electrons. The largest absolute Gasteiger partial charge is 0.495 e. The number of aromatic nitrogens is 3. The van der Waals surface area contributed by atoms with Crippen LogP contribution in [0.2, 0.25) is 0 Å². The maximum absolute atomic E-state index is 13.2. The summed E-state index contributed by atoms with van der Waals surface area (Å²) in [6.45, 7) is 4.07. The van der Waals surface area contributed by atoms with Gasteiger partial charge in [0.15, 0.2) is 11.0 Å². The van der Waals surface area contributed by atoms with Gasteiger partial charge in [-0.15, -0.1) is 10.2 Å². The highest BCUT2D eigenvalue weighted by molar-refractivity contribution is 7.99. The van der Waals surface area contributed by atoms with E-state index in [0.29, 0.717) is 28.0 Å². The molecule has 2 amide bonds. The number of aryl methyl sites for hydroxylation is 2. The predicted octanol–water partition coefficient (Wildman–Crippen LogP) is 5.71. The van der Waals surface area contributed by atoms with Gasteiger partial charge in [-0.05, 0) is 60.0 Å². The average molecular weight is 552 g/mol. The highest BCUT2D eigenvalue weighted by atomic mass is 32.2. The molecule has 0 saturated carbocycles. The van der Waals surface area contributed by atoms with Crippen LogP contribution < -0.4 is 15.4 Å². The van der Waals surface area contributed by atoms with Gasteiger partial charge in [0.1, 0.15) is 5.75 Å². The minimum Gasteiger partial charge on any atom is -0.495 e. The van der Waals surface area contributed by atoms with Gasteiger partial charge in [-0.2, -0.15) is 0 Å². The van der Waals surface area contributed by atoms with Gasteiger partial charge in [0.2, 0.25) is 5.91 Å². The van der Waals surface area contributed by atoms with Crippen LogP contribution in [0.15, 0.2) is 90.1 Å². The Morgan fingerprint density at radius 2 is 1.70 bits per heavy atom.